The Balaban J connectivity index is 1.47. The van der Waals surface area contributed by atoms with Crippen molar-refractivity contribution in [1.29, 1.82) is 0 Å². The van der Waals surface area contributed by atoms with E-state index < -0.39 is 0 Å². The summed E-state index contributed by atoms with van der Waals surface area (Å²) >= 11 is 7.42. The minimum Gasteiger partial charge on any atom is -0.359 e. The number of rotatable bonds is 4. The molecule has 5 heteroatoms. The summed E-state index contributed by atoms with van der Waals surface area (Å²) in [6, 6.07) is 11.2. The fourth-order valence-electron chi connectivity index (χ4n) is 2.57. The molecular weight excluding hydrogens is 290 g/mol. The monoisotopic (exact) mass is 307 g/mol. The molecule has 0 aliphatic carbocycles. The third-order valence-electron chi connectivity index (χ3n) is 3.64. The Kier molecular flexibility index (Phi) is 4.55. The molecule has 2 heterocycles. The molecule has 0 unspecified atom stereocenters. The number of nitrogens with one attached hydrogen (secondary N) is 1. The quantitative estimate of drug-likeness (QED) is 0.929. The number of halogens is 1. The summed E-state index contributed by atoms with van der Waals surface area (Å²) in [7, 11) is 0. The topological polar surface area (TPSA) is 28.2 Å². The normalized spacial score (nSPS) is 17.2. The second-order valence-corrected chi connectivity index (χ2v) is 6.40. The molecule has 0 amide bonds. The molecule has 1 aromatic heterocycles. The van der Waals surface area contributed by atoms with E-state index >= 15 is 0 Å². The zero-order valence-corrected chi connectivity index (χ0v) is 12.8. The smallest absolute Gasteiger partial charge is 0.184 e. The molecule has 0 bridgehead atoms. The third-order valence-corrected chi connectivity index (χ3v) is 4.74. The van der Waals surface area contributed by atoms with Gasteiger partial charge in [0.2, 0.25) is 0 Å². The molecule has 3 nitrogen and oxygen atoms in total. The molecule has 1 aromatic carbocycles. The van der Waals surface area contributed by atoms with Gasteiger partial charge in [-0.1, -0.05) is 41.9 Å². The van der Waals surface area contributed by atoms with Gasteiger partial charge in [0.15, 0.2) is 5.13 Å². The van der Waals surface area contributed by atoms with Crippen LogP contribution in [0, 0.1) is 0 Å². The molecule has 2 aromatic rings. The molecule has 106 valence electrons. The standard InChI is InChI=1S/C15H18ClN3S/c16-14-11-20-15(18-14)17-13-6-8-19(9-7-13)10-12-4-2-1-3-5-12/h1-5,11,13H,6-10H2,(H,17,18). The van der Waals surface area contributed by atoms with Crippen LogP contribution in [0.5, 0.6) is 0 Å². The summed E-state index contributed by atoms with van der Waals surface area (Å²) in [6.07, 6.45) is 2.31. The Morgan fingerprint density at radius 3 is 2.65 bits per heavy atom. The van der Waals surface area contributed by atoms with Crippen molar-refractivity contribution in [2.75, 3.05) is 18.4 Å². The first-order valence-electron chi connectivity index (χ1n) is 6.93. The van der Waals surface area contributed by atoms with E-state index in [0.29, 0.717) is 11.2 Å². The molecule has 1 N–H and O–H groups in total. The molecule has 3 rings (SSSR count). The van der Waals surface area contributed by atoms with Gasteiger partial charge in [-0.2, -0.15) is 0 Å². The molecule has 0 radical (unpaired) electrons. The lowest BCUT2D eigenvalue weighted by molar-refractivity contribution is 0.211. The summed E-state index contributed by atoms with van der Waals surface area (Å²) in [5, 5.41) is 6.88. The number of anilines is 1. The van der Waals surface area contributed by atoms with Crippen LogP contribution in [-0.2, 0) is 6.54 Å². The van der Waals surface area contributed by atoms with E-state index in [1.54, 1.807) is 11.3 Å². The highest BCUT2D eigenvalue weighted by atomic mass is 35.5. The largest absolute Gasteiger partial charge is 0.359 e. The number of aromatic nitrogens is 1. The van der Waals surface area contributed by atoms with Gasteiger partial charge in [-0.3, -0.25) is 4.90 Å². The second kappa shape index (κ2) is 6.57. The maximum absolute atomic E-state index is 5.84. The van der Waals surface area contributed by atoms with Gasteiger partial charge in [0.1, 0.15) is 5.15 Å². The predicted molar refractivity (Wildman–Crippen MR) is 85.5 cm³/mol. The van der Waals surface area contributed by atoms with E-state index in [1.165, 1.54) is 5.56 Å². The van der Waals surface area contributed by atoms with Crippen molar-refractivity contribution in [3.63, 3.8) is 0 Å². The fourth-order valence-corrected chi connectivity index (χ4v) is 3.49. The van der Waals surface area contributed by atoms with Gasteiger partial charge < -0.3 is 5.32 Å². The third kappa shape index (κ3) is 3.72. The minimum absolute atomic E-state index is 0.518. The van der Waals surface area contributed by atoms with Gasteiger partial charge in [-0.15, -0.1) is 11.3 Å². The van der Waals surface area contributed by atoms with Crippen LogP contribution in [0.3, 0.4) is 0 Å². The number of benzene rings is 1. The molecule has 1 fully saturated rings. The lowest BCUT2D eigenvalue weighted by atomic mass is 10.0. The van der Waals surface area contributed by atoms with E-state index in [2.05, 4.69) is 45.5 Å². The van der Waals surface area contributed by atoms with Crippen LogP contribution in [0.25, 0.3) is 0 Å². The minimum atomic E-state index is 0.518. The zero-order chi connectivity index (χ0) is 13.8. The van der Waals surface area contributed by atoms with E-state index in [0.717, 1.165) is 37.6 Å². The summed E-state index contributed by atoms with van der Waals surface area (Å²) < 4.78 is 0. The van der Waals surface area contributed by atoms with Crippen LogP contribution >= 0.6 is 22.9 Å². The van der Waals surface area contributed by atoms with Crippen molar-refractivity contribution in [1.82, 2.24) is 9.88 Å². The van der Waals surface area contributed by atoms with Gasteiger partial charge in [-0.05, 0) is 18.4 Å². The van der Waals surface area contributed by atoms with Crippen LogP contribution in [0.15, 0.2) is 35.7 Å². The molecule has 20 heavy (non-hydrogen) atoms. The van der Waals surface area contributed by atoms with Crippen LogP contribution in [0.4, 0.5) is 5.13 Å². The van der Waals surface area contributed by atoms with Gasteiger partial charge in [0.05, 0.1) is 0 Å². The van der Waals surface area contributed by atoms with E-state index in [-0.39, 0.29) is 0 Å². The number of piperidine rings is 1. The number of nitrogens with zero attached hydrogens (tertiary/aromatic N) is 2. The van der Waals surface area contributed by atoms with Gasteiger partial charge >= 0.3 is 0 Å². The Labute approximate surface area is 128 Å². The lowest BCUT2D eigenvalue weighted by Gasteiger charge is -2.32. The Morgan fingerprint density at radius 2 is 2.00 bits per heavy atom. The maximum Gasteiger partial charge on any atom is 0.184 e. The van der Waals surface area contributed by atoms with Crippen molar-refractivity contribution in [3.05, 3.63) is 46.4 Å². The number of hydrogen-bond donors (Lipinski definition) is 1. The Hall–Kier alpha value is -1.10. The lowest BCUT2D eigenvalue weighted by Crippen LogP contribution is -2.38. The van der Waals surface area contributed by atoms with Crippen LogP contribution in [0.2, 0.25) is 5.15 Å². The van der Waals surface area contributed by atoms with Crippen molar-refractivity contribution in [2.45, 2.75) is 25.4 Å². The first-order valence-corrected chi connectivity index (χ1v) is 8.19. The molecule has 1 aliphatic rings. The van der Waals surface area contributed by atoms with Gasteiger partial charge in [0, 0.05) is 31.1 Å². The summed E-state index contributed by atoms with van der Waals surface area (Å²) in [5.41, 5.74) is 1.39. The SMILES string of the molecule is Clc1csc(NC2CCN(Cc3ccccc3)CC2)n1. The van der Waals surface area contributed by atoms with Gasteiger partial charge in [0.25, 0.3) is 0 Å². The Morgan fingerprint density at radius 1 is 1.25 bits per heavy atom. The van der Waals surface area contributed by atoms with Crippen molar-refractivity contribution < 1.29 is 0 Å². The number of hydrogen-bond acceptors (Lipinski definition) is 4. The fraction of sp³-hybridized carbons (Fsp3) is 0.400. The van der Waals surface area contributed by atoms with Crippen LogP contribution < -0.4 is 5.32 Å². The number of thiazole rings is 1. The van der Waals surface area contributed by atoms with Gasteiger partial charge in [-0.25, -0.2) is 4.98 Å². The first kappa shape index (κ1) is 13.9. The molecule has 0 saturated carbocycles. The molecule has 0 atom stereocenters. The highest BCUT2D eigenvalue weighted by Crippen LogP contribution is 2.23. The van der Waals surface area contributed by atoms with E-state index in [1.807, 2.05) is 5.38 Å². The summed E-state index contributed by atoms with van der Waals surface area (Å²) in [5.74, 6) is 0. The predicted octanol–water partition coefficient (Wildman–Crippen LogP) is 3.87. The van der Waals surface area contributed by atoms with Crippen molar-refractivity contribution >= 4 is 28.1 Å². The van der Waals surface area contributed by atoms with E-state index in [4.69, 9.17) is 11.6 Å². The average Bonchev–Trinajstić information content (AvgIpc) is 2.88. The summed E-state index contributed by atoms with van der Waals surface area (Å²) in [6.45, 7) is 3.31. The van der Waals surface area contributed by atoms with Crippen molar-refractivity contribution in [3.8, 4) is 0 Å². The zero-order valence-electron chi connectivity index (χ0n) is 11.3. The molecular formula is C15H18ClN3S. The Bertz CT molecular complexity index is 535. The number of likely N-dealkylation sites (tertiary alicyclic amines) is 1. The summed E-state index contributed by atoms with van der Waals surface area (Å²) in [4.78, 5) is 6.77. The maximum atomic E-state index is 5.84. The van der Waals surface area contributed by atoms with Crippen LogP contribution in [0.1, 0.15) is 18.4 Å². The highest BCUT2D eigenvalue weighted by Gasteiger charge is 2.19. The highest BCUT2D eigenvalue weighted by molar-refractivity contribution is 7.14. The van der Waals surface area contributed by atoms with E-state index in [9.17, 15) is 0 Å². The van der Waals surface area contributed by atoms with Crippen LogP contribution in [-0.4, -0.2) is 29.0 Å². The molecule has 1 saturated heterocycles. The van der Waals surface area contributed by atoms with Crippen molar-refractivity contribution in [2.24, 2.45) is 0 Å². The second-order valence-electron chi connectivity index (χ2n) is 5.16. The first-order chi connectivity index (χ1) is 9.79. The molecule has 1 aliphatic heterocycles. The average molecular weight is 308 g/mol. The molecule has 0 spiro atoms.